The standard InChI is InChI=1S/C34H25F7N2O/c1-2-3-4-5-20-18-42-33(43-19-20)22-8-12-26(28(35)14-22)21-6-9-24(10-7-21)34(40,41)44-25-11-13-27(29(36)17-25)23-15-30(37)32(39)31(38)16-23/h6-19H,2-5H2,1H3. The number of aromatic nitrogens is 2. The first-order valence-corrected chi connectivity index (χ1v) is 13.8. The fourth-order valence-corrected chi connectivity index (χ4v) is 4.66. The lowest BCUT2D eigenvalue weighted by Crippen LogP contribution is -2.21. The molecule has 0 radical (unpaired) electrons. The van der Waals surface area contributed by atoms with Crippen molar-refractivity contribution in [1.29, 1.82) is 0 Å². The van der Waals surface area contributed by atoms with E-state index in [1.807, 2.05) is 0 Å². The summed E-state index contributed by atoms with van der Waals surface area (Å²) in [7, 11) is 0. The Morgan fingerprint density at radius 1 is 0.636 bits per heavy atom. The highest BCUT2D eigenvalue weighted by atomic mass is 19.3. The van der Waals surface area contributed by atoms with E-state index < -0.39 is 46.5 Å². The van der Waals surface area contributed by atoms with Crippen LogP contribution >= 0.6 is 0 Å². The van der Waals surface area contributed by atoms with Crippen molar-refractivity contribution in [3.63, 3.8) is 0 Å². The second kappa shape index (κ2) is 12.9. The Morgan fingerprint density at radius 3 is 1.82 bits per heavy atom. The summed E-state index contributed by atoms with van der Waals surface area (Å²) < 4.78 is 105. The Balaban J connectivity index is 1.29. The molecule has 44 heavy (non-hydrogen) atoms. The third kappa shape index (κ3) is 6.74. The van der Waals surface area contributed by atoms with Gasteiger partial charge in [-0.3, -0.25) is 0 Å². The van der Waals surface area contributed by atoms with Crippen molar-refractivity contribution in [3.05, 3.63) is 125 Å². The number of unbranched alkanes of at least 4 members (excludes halogenated alkanes) is 2. The lowest BCUT2D eigenvalue weighted by Gasteiger charge is -2.19. The van der Waals surface area contributed by atoms with E-state index >= 15 is 4.39 Å². The summed E-state index contributed by atoms with van der Waals surface area (Å²) in [4.78, 5) is 8.68. The molecule has 0 aliphatic carbocycles. The second-order valence-corrected chi connectivity index (χ2v) is 10.2. The maximum absolute atomic E-state index is 15.1. The molecule has 10 heteroatoms. The minimum absolute atomic E-state index is 0.173. The van der Waals surface area contributed by atoms with Crippen LogP contribution < -0.4 is 4.74 Å². The fourth-order valence-electron chi connectivity index (χ4n) is 4.66. The molecule has 0 spiro atoms. The third-order valence-electron chi connectivity index (χ3n) is 7.01. The van der Waals surface area contributed by atoms with Gasteiger partial charge in [0.25, 0.3) is 0 Å². The van der Waals surface area contributed by atoms with E-state index in [1.54, 1.807) is 18.5 Å². The van der Waals surface area contributed by atoms with Gasteiger partial charge in [0.1, 0.15) is 17.4 Å². The van der Waals surface area contributed by atoms with Crippen LogP contribution in [0.2, 0.25) is 0 Å². The first kappa shape index (κ1) is 30.7. The molecule has 1 heterocycles. The lowest BCUT2D eigenvalue weighted by atomic mass is 10.0. The number of hydrogen-bond acceptors (Lipinski definition) is 3. The number of hydrogen-bond donors (Lipinski definition) is 0. The van der Waals surface area contributed by atoms with Crippen LogP contribution in [-0.4, -0.2) is 9.97 Å². The van der Waals surface area contributed by atoms with E-state index in [9.17, 15) is 26.3 Å². The van der Waals surface area contributed by atoms with Gasteiger partial charge < -0.3 is 4.74 Å². The van der Waals surface area contributed by atoms with E-state index in [2.05, 4.69) is 16.9 Å². The van der Waals surface area contributed by atoms with Gasteiger partial charge in [-0.1, -0.05) is 44.0 Å². The molecule has 0 atom stereocenters. The Hall–Kier alpha value is -4.73. The minimum Gasteiger partial charge on any atom is -0.429 e. The number of rotatable bonds is 10. The maximum Gasteiger partial charge on any atom is 0.426 e. The van der Waals surface area contributed by atoms with Gasteiger partial charge >= 0.3 is 6.11 Å². The van der Waals surface area contributed by atoms with Gasteiger partial charge in [-0.2, -0.15) is 8.78 Å². The zero-order chi connectivity index (χ0) is 31.4. The number of nitrogens with zero attached hydrogens (tertiary/aromatic N) is 2. The Bertz CT molecular complexity index is 1750. The van der Waals surface area contributed by atoms with Gasteiger partial charge in [0.2, 0.25) is 0 Å². The Labute approximate surface area is 249 Å². The summed E-state index contributed by atoms with van der Waals surface area (Å²) in [6.07, 6.45) is 3.66. The molecule has 4 aromatic carbocycles. The molecule has 0 aliphatic rings. The molecule has 0 saturated carbocycles. The van der Waals surface area contributed by atoms with Crippen LogP contribution in [0.5, 0.6) is 5.75 Å². The first-order valence-electron chi connectivity index (χ1n) is 13.8. The van der Waals surface area contributed by atoms with Crippen molar-refractivity contribution in [2.75, 3.05) is 0 Å². The number of halogens is 7. The second-order valence-electron chi connectivity index (χ2n) is 10.2. The van der Waals surface area contributed by atoms with Crippen LogP contribution in [0.1, 0.15) is 37.3 Å². The van der Waals surface area contributed by atoms with Crippen molar-refractivity contribution >= 4 is 0 Å². The summed E-state index contributed by atoms with van der Waals surface area (Å²) in [6, 6.07) is 12.9. The van der Waals surface area contributed by atoms with Crippen molar-refractivity contribution < 1.29 is 35.5 Å². The third-order valence-corrected chi connectivity index (χ3v) is 7.01. The van der Waals surface area contributed by atoms with Crippen LogP contribution in [0, 0.1) is 29.1 Å². The Morgan fingerprint density at radius 2 is 1.20 bits per heavy atom. The number of ether oxygens (including phenoxy) is 1. The number of alkyl halides is 2. The van der Waals surface area contributed by atoms with Crippen molar-refractivity contribution in [1.82, 2.24) is 9.97 Å². The molecular weight excluding hydrogens is 585 g/mol. The van der Waals surface area contributed by atoms with Gasteiger partial charge in [0.05, 0.1) is 5.56 Å². The molecule has 0 saturated heterocycles. The van der Waals surface area contributed by atoms with E-state index in [1.165, 1.54) is 24.3 Å². The molecular formula is C34H25F7N2O. The SMILES string of the molecule is CCCCCc1cnc(-c2ccc(-c3ccc(C(F)(F)Oc4ccc(-c5cc(F)c(F)c(F)c5)c(F)c4)cc3)c(F)c2)nc1. The molecule has 0 fully saturated rings. The lowest BCUT2D eigenvalue weighted by molar-refractivity contribution is -0.185. The highest BCUT2D eigenvalue weighted by Gasteiger charge is 2.35. The van der Waals surface area contributed by atoms with Crippen LogP contribution in [0.3, 0.4) is 0 Å². The van der Waals surface area contributed by atoms with E-state index in [0.29, 0.717) is 35.2 Å². The van der Waals surface area contributed by atoms with Gasteiger partial charge in [-0.25, -0.2) is 31.9 Å². The van der Waals surface area contributed by atoms with Gasteiger partial charge in [-0.15, -0.1) is 0 Å². The van der Waals surface area contributed by atoms with Crippen molar-refractivity contribution in [2.24, 2.45) is 0 Å². The molecule has 226 valence electrons. The van der Waals surface area contributed by atoms with Crippen LogP contribution in [-0.2, 0) is 12.5 Å². The summed E-state index contributed by atoms with van der Waals surface area (Å²) in [5.41, 5.74) is 0.717. The molecule has 0 bridgehead atoms. The van der Waals surface area contributed by atoms with E-state index in [-0.39, 0.29) is 16.7 Å². The molecule has 0 amide bonds. The van der Waals surface area contributed by atoms with Gasteiger partial charge in [-0.05, 0) is 72.0 Å². The molecule has 5 rings (SSSR count). The monoisotopic (exact) mass is 610 g/mol. The normalized spacial score (nSPS) is 11.5. The van der Waals surface area contributed by atoms with E-state index in [0.717, 1.165) is 55.5 Å². The molecule has 0 unspecified atom stereocenters. The molecule has 0 aliphatic heterocycles. The predicted octanol–water partition coefficient (Wildman–Crippen LogP) is 10.0. The highest BCUT2D eigenvalue weighted by molar-refractivity contribution is 5.69. The zero-order valence-electron chi connectivity index (χ0n) is 23.4. The molecule has 3 nitrogen and oxygen atoms in total. The first-order chi connectivity index (χ1) is 21.1. The van der Waals surface area contributed by atoms with Crippen LogP contribution in [0.15, 0.2) is 85.2 Å². The molecule has 0 N–H and O–H groups in total. The average molecular weight is 611 g/mol. The maximum atomic E-state index is 15.1. The summed E-state index contributed by atoms with van der Waals surface area (Å²) in [5, 5.41) is 0. The molecule has 5 aromatic rings. The number of benzene rings is 4. The zero-order valence-corrected chi connectivity index (χ0v) is 23.4. The summed E-state index contributed by atoms with van der Waals surface area (Å²) >= 11 is 0. The Kier molecular flexibility index (Phi) is 8.98. The van der Waals surface area contributed by atoms with Crippen molar-refractivity contribution in [3.8, 4) is 39.4 Å². The molecule has 1 aromatic heterocycles. The smallest absolute Gasteiger partial charge is 0.426 e. The van der Waals surface area contributed by atoms with Crippen molar-refractivity contribution in [2.45, 2.75) is 38.7 Å². The topological polar surface area (TPSA) is 35.0 Å². The van der Waals surface area contributed by atoms with Gasteiger partial charge in [0.15, 0.2) is 23.3 Å². The predicted molar refractivity (Wildman–Crippen MR) is 152 cm³/mol. The number of aryl methyl sites for hydroxylation is 1. The largest absolute Gasteiger partial charge is 0.429 e. The minimum atomic E-state index is -3.91. The summed E-state index contributed by atoms with van der Waals surface area (Å²) in [5.74, 6) is -6.68. The van der Waals surface area contributed by atoms with Crippen LogP contribution in [0.25, 0.3) is 33.6 Å². The quantitative estimate of drug-likeness (QED) is 0.0897. The average Bonchev–Trinajstić information content (AvgIpc) is 3.00. The van der Waals surface area contributed by atoms with Gasteiger partial charge in [0, 0.05) is 35.2 Å². The van der Waals surface area contributed by atoms with Crippen LogP contribution in [0.4, 0.5) is 30.7 Å². The fraction of sp³-hybridized carbons (Fsp3) is 0.176. The van der Waals surface area contributed by atoms with E-state index in [4.69, 9.17) is 4.74 Å². The highest BCUT2D eigenvalue weighted by Crippen LogP contribution is 2.36. The summed E-state index contributed by atoms with van der Waals surface area (Å²) in [6.45, 7) is 2.12.